The second-order valence-corrected chi connectivity index (χ2v) is 4.73. The fourth-order valence-corrected chi connectivity index (χ4v) is 2.01. The molecule has 1 aliphatic carbocycles. The Morgan fingerprint density at radius 2 is 2.29 bits per heavy atom. The number of amides is 1. The number of hydrogen-bond donors (Lipinski definition) is 2. The van der Waals surface area contributed by atoms with E-state index in [1.165, 1.54) is 12.1 Å². The van der Waals surface area contributed by atoms with E-state index in [9.17, 15) is 9.18 Å². The second kappa shape index (κ2) is 5.02. The van der Waals surface area contributed by atoms with Gasteiger partial charge in [0.25, 0.3) is 0 Å². The van der Waals surface area contributed by atoms with Crippen LogP contribution in [-0.2, 0) is 4.79 Å². The van der Waals surface area contributed by atoms with Gasteiger partial charge in [0.05, 0.1) is 0 Å². The maximum absolute atomic E-state index is 13.7. The Hall–Kier alpha value is -1.13. The molecule has 0 radical (unpaired) electrons. The summed E-state index contributed by atoms with van der Waals surface area (Å²) in [6.45, 7) is 0.665. The monoisotopic (exact) mass is 256 g/mol. The Morgan fingerprint density at radius 1 is 1.59 bits per heavy atom. The van der Waals surface area contributed by atoms with E-state index in [1.54, 1.807) is 6.07 Å². The molecule has 0 saturated heterocycles. The zero-order chi connectivity index (χ0) is 12.4. The molecule has 0 aromatic heterocycles. The maximum Gasteiger partial charge on any atom is 0.239 e. The molecule has 1 atom stereocenters. The predicted molar refractivity (Wildman–Crippen MR) is 64.1 cm³/mol. The number of carbonyl (C=O) groups excluding carboxylic acids is 1. The van der Waals surface area contributed by atoms with Crippen LogP contribution in [0.1, 0.15) is 24.4 Å². The molecule has 1 aliphatic rings. The molecule has 1 saturated carbocycles. The van der Waals surface area contributed by atoms with Crippen molar-refractivity contribution in [1.29, 1.82) is 0 Å². The van der Waals surface area contributed by atoms with E-state index in [1.807, 2.05) is 0 Å². The average Bonchev–Trinajstić information content (AvgIpc) is 3.05. The number of primary amides is 1. The predicted octanol–water partition coefficient (Wildman–Crippen LogP) is 2.01. The lowest BCUT2D eigenvalue weighted by Crippen LogP contribution is -2.35. The molecule has 1 aromatic carbocycles. The van der Waals surface area contributed by atoms with Crippen molar-refractivity contribution in [2.75, 3.05) is 6.54 Å². The van der Waals surface area contributed by atoms with Gasteiger partial charge in [0.2, 0.25) is 5.91 Å². The van der Waals surface area contributed by atoms with Gasteiger partial charge in [0.1, 0.15) is 11.9 Å². The minimum atomic E-state index is -0.857. The lowest BCUT2D eigenvalue weighted by molar-refractivity contribution is -0.120. The quantitative estimate of drug-likeness (QED) is 0.847. The molecule has 1 unspecified atom stereocenters. The van der Waals surface area contributed by atoms with Crippen LogP contribution >= 0.6 is 11.6 Å². The number of benzene rings is 1. The summed E-state index contributed by atoms with van der Waals surface area (Å²) >= 11 is 5.91. The van der Waals surface area contributed by atoms with Crippen LogP contribution in [0.4, 0.5) is 4.39 Å². The van der Waals surface area contributed by atoms with E-state index in [0.29, 0.717) is 12.5 Å². The highest BCUT2D eigenvalue weighted by Gasteiger charge is 2.27. The van der Waals surface area contributed by atoms with E-state index < -0.39 is 17.8 Å². The summed E-state index contributed by atoms with van der Waals surface area (Å²) in [7, 11) is 0. The van der Waals surface area contributed by atoms with E-state index in [2.05, 4.69) is 5.32 Å². The molecular weight excluding hydrogens is 243 g/mol. The first-order valence-corrected chi connectivity index (χ1v) is 5.94. The number of hydrogen-bond acceptors (Lipinski definition) is 2. The number of rotatable bonds is 5. The molecule has 0 bridgehead atoms. The summed E-state index contributed by atoms with van der Waals surface area (Å²) in [6, 6.07) is 3.47. The summed E-state index contributed by atoms with van der Waals surface area (Å²) in [5, 5.41) is 3.20. The lowest BCUT2D eigenvalue weighted by Gasteiger charge is -2.17. The van der Waals surface area contributed by atoms with Gasteiger partial charge in [0.15, 0.2) is 0 Å². The fourth-order valence-electron chi connectivity index (χ4n) is 1.74. The molecule has 92 valence electrons. The molecule has 2 rings (SSSR count). The van der Waals surface area contributed by atoms with Crippen molar-refractivity contribution < 1.29 is 9.18 Å². The second-order valence-electron chi connectivity index (χ2n) is 4.32. The molecule has 0 spiro atoms. The van der Waals surface area contributed by atoms with E-state index in [-0.39, 0.29) is 10.6 Å². The maximum atomic E-state index is 13.7. The topological polar surface area (TPSA) is 55.1 Å². The highest BCUT2D eigenvalue weighted by Crippen LogP contribution is 2.30. The van der Waals surface area contributed by atoms with Crippen LogP contribution in [-0.4, -0.2) is 12.5 Å². The highest BCUT2D eigenvalue weighted by atomic mass is 35.5. The molecule has 1 fully saturated rings. The van der Waals surface area contributed by atoms with Gasteiger partial charge in [-0.2, -0.15) is 0 Å². The molecular formula is C12H14ClFN2O. The zero-order valence-electron chi connectivity index (χ0n) is 9.25. The van der Waals surface area contributed by atoms with Crippen LogP contribution in [0, 0.1) is 11.7 Å². The Labute approximate surface area is 104 Å². The minimum absolute atomic E-state index is 0.141. The third-order valence-electron chi connectivity index (χ3n) is 2.88. The smallest absolute Gasteiger partial charge is 0.239 e. The Balaban J connectivity index is 2.21. The van der Waals surface area contributed by atoms with Crippen LogP contribution in [0.3, 0.4) is 0 Å². The van der Waals surface area contributed by atoms with Crippen LogP contribution in [0.25, 0.3) is 0 Å². The Bertz CT molecular complexity index is 414. The van der Waals surface area contributed by atoms with Gasteiger partial charge in [-0.1, -0.05) is 17.7 Å². The third kappa shape index (κ3) is 2.96. The molecule has 0 heterocycles. The van der Waals surface area contributed by atoms with Crippen molar-refractivity contribution >= 4 is 17.5 Å². The molecule has 1 amide bonds. The third-order valence-corrected chi connectivity index (χ3v) is 3.21. The highest BCUT2D eigenvalue weighted by molar-refractivity contribution is 6.31. The van der Waals surface area contributed by atoms with Gasteiger partial charge in [0, 0.05) is 10.6 Å². The van der Waals surface area contributed by atoms with Gasteiger partial charge in [-0.25, -0.2) is 4.39 Å². The molecule has 0 aliphatic heterocycles. The number of nitrogens with one attached hydrogen (secondary N) is 1. The largest absolute Gasteiger partial charge is 0.368 e. The fraction of sp³-hybridized carbons (Fsp3) is 0.417. The Morgan fingerprint density at radius 3 is 2.82 bits per heavy atom. The van der Waals surface area contributed by atoms with E-state index >= 15 is 0 Å². The van der Waals surface area contributed by atoms with Crippen LogP contribution in [0.2, 0.25) is 5.02 Å². The van der Waals surface area contributed by atoms with Crippen molar-refractivity contribution in [1.82, 2.24) is 5.32 Å². The van der Waals surface area contributed by atoms with Crippen molar-refractivity contribution in [2.45, 2.75) is 18.9 Å². The number of halogens is 2. The van der Waals surface area contributed by atoms with Crippen molar-refractivity contribution in [3.63, 3.8) is 0 Å². The van der Waals surface area contributed by atoms with Crippen molar-refractivity contribution in [2.24, 2.45) is 11.7 Å². The molecule has 3 N–H and O–H groups in total. The van der Waals surface area contributed by atoms with Crippen LogP contribution < -0.4 is 11.1 Å². The number of carbonyl (C=O) groups is 1. The summed E-state index contributed by atoms with van der Waals surface area (Å²) in [4.78, 5) is 11.4. The van der Waals surface area contributed by atoms with Crippen molar-refractivity contribution in [3.05, 3.63) is 34.6 Å². The first kappa shape index (κ1) is 12.3. The van der Waals surface area contributed by atoms with Gasteiger partial charge in [-0.15, -0.1) is 0 Å². The molecule has 3 nitrogen and oxygen atoms in total. The standard InChI is InChI=1S/C12H14ClFN2O/c13-8-2-1-3-9(14)10(8)11(12(15)17)16-6-7-4-5-7/h1-3,7,11,16H,4-6H2,(H2,15,17). The van der Waals surface area contributed by atoms with Crippen LogP contribution in [0.5, 0.6) is 0 Å². The first-order valence-electron chi connectivity index (χ1n) is 5.56. The minimum Gasteiger partial charge on any atom is -0.368 e. The molecule has 5 heteroatoms. The van der Waals surface area contributed by atoms with Gasteiger partial charge < -0.3 is 11.1 Å². The summed E-state index contributed by atoms with van der Waals surface area (Å²) < 4.78 is 13.7. The molecule has 17 heavy (non-hydrogen) atoms. The molecule has 1 aromatic rings. The van der Waals surface area contributed by atoms with Crippen molar-refractivity contribution in [3.8, 4) is 0 Å². The first-order chi connectivity index (χ1) is 8.09. The van der Waals surface area contributed by atoms with E-state index in [4.69, 9.17) is 17.3 Å². The van der Waals surface area contributed by atoms with Gasteiger partial charge in [-0.3, -0.25) is 4.79 Å². The van der Waals surface area contributed by atoms with Crippen LogP contribution in [0.15, 0.2) is 18.2 Å². The lowest BCUT2D eigenvalue weighted by atomic mass is 10.1. The average molecular weight is 257 g/mol. The summed E-state index contributed by atoms with van der Waals surface area (Å²) in [5.41, 5.74) is 5.43. The van der Waals surface area contributed by atoms with Gasteiger partial charge >= 0.3 is 0 Å². The normalized spacial score (nSPS) is 16.8. The Kier molecular flexibility index (Phi) is 3.64. The summed E-state index contributed by atoms with van der Waals surface area (Å²) in [5.74, 6) is -0.551. The van der Waals surface area contributed by atoms with Gasteiger partial charge in [-0.05, 0) is 37.4 Å². The number of nitrogens with two attached hydrogens (primary N) is 1. The zero-order valence-corrected chi connectivity index (χ0v) is 10.0. The summed E-state index contributed by atoms with van der Waals surface area (Å²) in [6.07, 6.45) is 2.28. The van der Waals surface area contributed by atoms with E-state index in [0.717, 1.165) is 12.8 Å². The SMILES string of the molecule is NC(=O)C(NCC1CC1)c1c(F)cccc1Cl.